The summed E-state index contributed by atoms with van der Waals surface area (Å²) in [4.78, 5) is 25.9. The van der Waals surface area contributed by atoms with Crippen LogP contribution >= 0.6 is 0 Å². The molecule has 2 aromatic rings. The van der Waals surface area contributed by atoms with Crippen LogP contribution in [0.15, 0.2) is 42.7 Å². The Morgan fingerprint density at radius 3 is 2.92 bits per heavy atom. The van der Waals surface area contributed by atoms with Crippen LogP contribution in [0.5, 0.6) is 0 Å². The van der Waals surface area contributed by atoms with Crippen LogP contribution in [-0.4, -0.2) is 53.3 Å². The third-order valence-corrected chi connectivity index (χ3v) is 4.27. The van der Waals surface area contributed by atoms with E-state index in [0.717, 1.165) is 11.3 Å². The Morgan fingerprint density at radius 1 is 1.36 bits per heavy atom. The van der Waals surface area contributed by atoms with Crippen LogP contribution in [0.25, 0.3) is 5.69 Å². The molecule has 1 aromatic carbocycles. The third kappa shape index (κ3) is 4.24. The first kappa shape index (κ1) is 17.2. The lowest BCUT2D eigenvalue weighted by molar-refractivity contribution is -0.129. The molecule has 1 saturated heterocycles. The van der Waals surface area contributed by atoms with Crippen molar-refractivity contribution < 1.29 is 14.3 Å². The van der Waals surface area contributed by atoms with Gasteiger partial charge in [0, 0.05) is 44.9 Å². The van der Waals surface area contributed by atoms with Gasteiger partial charge in [-0.15, -0.1) is 0 Å². The van der Waals surface area contributed by atoms with Crippen LogP contribution in [0.2, 0.25) is 0 Å². The molecule has 3 rings (SSSR count). The second-order valence-corrected chi connectivity index (χ2v) is 6.08. The Kier molecular flexibility index (Phi) is 5.45. The Hall–Kier alpha value is -2.67. The minimum Gasteiger partial charge on any atom is -0.383 e. The number of hydrogen-bond acceptors (Lipinski definition) is 4. The van der Waals surface area contributed by atoms with Crippen LogP contribution < -0.4 is 5.32 Å². The lowest BCUT2D eigenvalue weighted by atomic mass is 10.1. The summed E-state index contributed by atoms with van der Waals surface area (Å²) in [5, 5.41) is 7.21. The van der Waals surface area contributed by atoms with Crippen molar-refractivity contribution in [1.82, 2.24) is 20.0 Å². The van der Waals surface area contributed by atoms with Crippen LogP contribution in [-0.2, 0) is 20.9 Å². The number of methoxy groups -OCH3 is 1. The number of carbonyl (C=O) groups excluding carboxylic acids is 2. The summed E-state index contributed by atoms with van der Waals surface area (Å²) in [6, 6.07) is 9.78. The number of nitrogens with one attached hydrogen (secondary N) is 1. The van der Waals surface area contributed by atoms with E-state index in [1.807, 2.05) is 36.5 Å². The van der Waals surface area contributed by atoms with Gasteiger partial charge in [-0.3, -0.25) is 9.59 Å². The second kappa shape index (κ2) is 7.94. The lowest BCUT2D eigenvalue weighted by Crippen LogP contribution is -2.33. The van der Waals surface area contributed by atoms with E-state index in [4.69, 9.17) is 4.74 Å². The number of nitrogens with zero attached hydrogens (tertiary/aromatic N) is 3. The molecule has 25 heavy (non-hydrogen) atoms. The quantitative estimate of drug-likeness (QED) is 0.814. The van der Waals surface area contributed by atoms with Gasteiger partial charge in [0.1, 0.15) is 0 Å². The molecule has 0 radical (unpaired) electrons. The molecule has 1 fully saturated rings. The number of carbonyl (C=O) groups is 2. The van der Waals surface area contributed by atoms with Crippen molar-refractivity contribution in [3.05, 3.63) is 48.3 Å². The molecule has 1 aliphatic heterocycles. The first-order valence-electron chi connectivity index (χ1n) is 8.31. The number of likely N-dealkylation sites (tertiary alicyclic amines) is 1. The van der Waals surface area contributed by atoms with Gasteiger partial charge in [-0.1, -0.05) is 18.2 Å². The van der Waals surface area contributed by atoms with E-state index in [1.165, 1.54) is 0 Å². The summed E-state index contributed by atoms with van der Waals surface area (Å²) in [6.45, 7) is 1.87. The zero-order valence-electron chi connectivity index (χ0n) is 14.2. The fraction of sp³-hybridized carbons (Fsp3) is 0.389. The number of ether oxygens (including phenoxy) is 1. The zero-order valence-corrected chi connectivity index (χ0v) is 14.2. The minimum atomic E-state index is -0.298. The van der Waals surface area contributed by atoms with Gasteiger partial charge in [-0.2, -0.15) is 5.10 Å². The van der Waals surface area contributed by atoms with Gasteiger partial charge < -0.3 is 15.0 Å². The summed E-state index contributed by atoms with van der Waals surface area (Å²) >= 11 is 0. The SMILES string of the molecule is COCCN1C[C@@H](C(=O)NCc2cnn(-c3ccccc3)c2)CC1=O. The van der Waals surface area contributed by atoms with Crippen molar-refractivity contribution in [1.29, 1.82) is 0 Å². The highest BCUT2D eigenvalue weighted by molar-refractivity contribution is 5.89. The molecule has 1 N–H and O–H groups in total. The summed E-state index contributed by atoms with van der Waals surface area (Å²) in [7, 11) is 1.60. The van der Waals surface area contributed by atoms with E-state index in [0.29, 0.717) is 26.2 Å². The van der Waals surface area contributed by atoms with Crippen LogP contribution in [0.4, 0.5) is 0 Å². The van der Waals surface area contributed by atoms with Crippen molar-refractivity contribution >= 4 is 11.8 Å². The zero-order chi connectivity index (χ0) is 17.6. The van der Waals surface area contributed by atoms with Gasteiger partial charge in [0.15, 0.2) is 0 Å². The molecular formula is C18H22N4O3. The number of amides is 2. The van der Waals surface area contributed by atoms with Gasteiger partial charge in [-0.25, -0.2) is 4.68 Å². The fourth-order valence-electron chi connectivity index (χ4n) is 2.87. The van der Waals surface area contributed by atoms with Crippen molar-refractivity contribution in [2.75, 3.05) is 26.8 Å². The molecule has 0 saturated carbocycles. The molecule has 0 spiro atoms. The topological polar surface area (TPSA) is 76.5 Å². The average Bonchev–Trinajstić information content (AvgIpc) is 3.25. The number of para-hydroxylation sites is 1. The van der Waals surface area contributed by atoms with Crippen molar-refractivity contribution in [2.24, 2.45) is 5.92 Å². The van der Waals surface area contributed by atoms with E-state index < -0.39 is 0 Å². The molecule has 1 aliphatic rings. The Labute approximate surface area is 146 Å². The van der Waals surface area contributed by atoms with Crippen molar-refractivity contribution in [3.8, 4) is 5.69 Å². The molecule has 2 amide bonds. The maximum atomic E-state index is 12.3. The highest BCUT2D eigenvalue weighted by atomic mass is 16.5. The Bertz CT molecular complexity index is 729. The van der Waals surface area contributed by atoms with E-state index >= 15 is 0 Å². The first-order chi connectivity index (χ1) is 12.2. The number of rotatable bonds is 7. The van der Waals surface area contributed by atoms with Gasteiger partial charge in [0.05, 0.1) is 24.4 Å². The van der Waals surface area contributed by atoms with Gasteiger partial charge in [-0.05, 0) is 12.1 Å². The molecule has 132 valence electrons. The Morgan fingerprint density at radius 2 is 2.16 bits per heavy atom. The third-order valence-electron chi connectivity index (χ3n) is 4.27. The molecule has 0 bridgehead atoms. The van der Waals surface area contributed by atoms with Gasteiger partial charge >= 0.3 is 0 Å². The summed E-state index contributed by atoms with van der Waals surface area (Å²) in [6.07, 6.45) is 3.89. The van der Waals surface area contributed by atoms with Crippen LogP contribution in [0.3, 0.4) is 0 Å². The van der Waals surface area contributed by atoms with Crippen molar-refractivity contribution in [3.63, 3.8) is 0 Å². The smallest absolute Gasteiger partial charge is 0.225 e. The maximum Gasteiger partial charge on any atom is 0.225 e. The predicted molar refractivity (Wildman–Crippen MR) is 92.0 cm³/mol. The van der Waals surface area contributed by atoms with Crippen molar-refractivity contribution in [2.45, 2.75) is 13.0 Å². The standard InChI is InChI=1S/C18H22N4O3/c1-25-8-7-21-13-15(9-17(21)23)18(24)19-10-14-11-20-22(12-14)16-5-3-2-4-6-16/h2-6,11-12,15H,7-10,13H2,1H3,(H,19,24)/t15-/m0/s1. The minimum absolute atomic E-state index is 0.00842. The molecule has 1 aromatic heterocycles. The predicted octanol–water partition coefficient (Wildman–Crippen LogP) is 0.983. The molecular weight excluding hydrogens is 320 g/mol. The van der Waals surface area contributed by atoms with Crippen LogP contribution in [0.1, 0.15) is 12.0 Å². The molecule has 1 atom stereocenters. The molecule has 2 heterocycles. The summed E-state index contributed by atoms with van der Waals surface area (Å²) in [5.41, 5.74) is 1.88. The second-order valence-electron chi connectivity index (χ2n) is 6.08. The molecule has 7 nitrogen and oxygen atoms in total. The first-order valence-corrected chi connectivity index (χ1v) is 8.31. The monoisotopic (exact) mass is 342 g/mol. The number of hydrogen-bond donors (Lipinski definition) is 1. The normalized spacial score (nSPS) is 17.1. The van der Waals surface area contributed by atoms with Crippen LogP contribution in [0, 0.1) is 5.92 Å². The van der Waals surface area contributed by atoms with E-state index in [2.05, 4.69) is 10.4 Å². The maximum absolute atomic E-state index is 12.3. The number of aromatic nitrogens is 2. The summed E-state index contributed by atoms with van der Waals surface area (Å²) in [5.74, 6) is -0.386. The highest BCUT2D eigenvalue weighted by Crippen LogP contribution is 2.18. The highest BCUT2D eigenvalue weighted by Gasteiger charge is 2.33. The van der Waals surface area contributed by atoms with E-state index in [-0.39, 0.29) is 24.2 Å². The average molecular weight is 342 g/mol. The van der Waals surface area contributed by atoms with E-state index in [1.54, 1.807) is 22.9 Å². The largest absolute Gasteiger partial charge is 0.383 e. The molecule has 0 aliphatic carbocycles. The lowest BCUT2D eigenvalue weighted by Gasteiger charge is -2.15. The summed E-state index contributed by atoms with van der Waals surface area (Å²) < 4.78 is 6.76. The Balaban J connectivity index is 1.51. The van der Waals surface area contributed by atoms with Gasteiger partial charge in [0.25, 0.3) is 0 Å². The molecule has 0 unspecified atom stereocenters. The molecule has 7 heteroatoms. The van der Waals surface area contributed by atoms with Gasteiger partial charge in [0.2, 0.25) is 11.8 Å². The van der Waals surface area contributed by atoms with E-state index in [9.17, 15) is 9.59 Å². The number of benzene rings is 1. The fourth-order valence-corrected chi connectivity index (χ4v) is 2.87.